The number of nitrogens with one attached hydrogen (secondary N) is 2. The van der Waals surface area contributed by atoms with Gasteiger partial charge in [0, 0.05) is 28.7 Å². The van der Waals surface area contributed by atoms with Crippen LogP contribution in [0.4, 0.5) is 0 Å². The highest BCUT2D eigenvalue weighted by Gasteiger charge is 2.49. The summed E-state index contributed by atoms with van der Waals surface area (Å²) in [7, 11) is 0. The normalized spacial score (nSPS) is 19.3. The number of likely N-dealkylation sites (tertiary alicyclic amines) is 1. The third-order valence-electron chi connectivity index (χ3n) is 5.48. The first-order chi connectivity index (χ1) is 14.3. The minimum absolute atomic E-state index is 0.0591. The summed E-state index contributed by atoms with van der Waals surface area (Å²) < 4.78 is 0. The van der Waals surface area contributed by atoms with Crippen LogP contribution in [0, 0.1) is 10.8 Å². The van der Waals surface area contributed by atoms with Crippen LogP contribution < -0.4 is 16.6 Å². The first kappa shape index (κ1) is 28.6. The molecule has 2 unspecified atom stereocenters. The van der Waals surface area contributed by atoms with Crippen LogP contribution in [0.5, 0.6) is 0 Å². The maximum absolute atomic E-state index is 13.2. The molecule has 0 bridgehead atoms. The van der Waals surface area contributed by atoms with E-state index in [0.29, 0.717) is 18.5 Å². The first-order valence-electron chi connectivity index (χ1n) is 11.1. The minimum atomic E-state index is -0.839. The lowest BCUT2D eigenvalue weighted by molar-refractivity contribution is -0.148. The third kappa shape index (κ3) is 7.85. The largest absolute Gasteiger partial charge is 0.351 e. The van der Waals surface area contributed by atoms with Crippen molar-refractivity contribution in [2.75, 3.05) is 5.75 Å². The Balaban J connectivity index is 2.91. The van der Waals surface area contributed by atoms with Crippen molar-refractivity contribution in [3.8, 4) is 0 Å². The molecule has 1 heterocycles. The molecule has 0 saturated carbocycles. The van der Waals surface area contributed by atoms with E-state index in [4.69, 9.17) is 5.84 Å². The predicted molar refractivity (Wildman–Crippen MR) is 129 cm³/mol. The first-order valence-corrected chi connectivity index (χ1v) is 12.1. The summed E-state index contributed by atoms with van der Waals surface area (Å²) in [5, 5.41) is 2.60. The number of carbonyl (C=O) groups excluding carboxylic acids is 4. The minimum Gasteiger partial charge on any atom is -0.351 e. The van der Waals surface area contributed by atoms with E-state index >= 15 is 0 Å². The lowest BCUT2D eigenvalue weighted by Crippen LogP contribution is -2.55. The van der Waals surface area contributed by atoms with Crippen LogP contribution in [-0.2, 0) is 19.2 Å². The summed E-state index contributed by atoms with van der Waals surface area (Å²) in [5.74, 6) is 4.96. The fourth-order valence-corrected chi connectivity index (χ4v) is 5.93. The van der Waals surface area contributed by atoms with E-state index in [2.05, 4.69) is 31.5 Å². The smallest absolute Gasteiger partial charge is 0.243 e. The molecular formula is C23H42N4O4S. The molecule has 0 radical (unpaired) electrons. The van der Waals surface area contributed by atoms with Crippen molar-refractivity contribution in [1.82, 2.24) is 15.6 Å². The van der Waals surface area contributed by atoms with Gasteiger partial charge in [-0.1, -0.05) is 34.6 Å². The molecule has 4 N–H and O–H groups in total. The van der Waals surface area contributed by atoms with Crippen LogP contribution >= 0.6 is 11.8 Å². The van der Waals surface area contributed by atoms with Gasteiger partial charge in [0.25, 0.3) is 0 Å². The number of hydrogen-bond acceptors (Lipinski definition) is 7. The molecular weight excluding hydrogens is 428 g/mol. The van der Waals surface area contributed by atoms with Crippen LogP contribution in [0.1, 0.15) is 81.6 Å². The SMILES string of the molecule is CC(C)(C)CC(C)(C)NC(=O)C(C)(C)CC(C)(C)N1C(=O)CC(SCC(C=O)NN)C1=O. The fraction of sp³-hybridized carbons (Fsp3) is 0.826. The molecule has 0 aromatic heterocycles. The predicted octanol–water partition coefficient (Wildman–Crippen LogP) is 2.40. The number of hydrogen-bond donors (Lipinski definition) is 3. The second-order valence-electron chi connectivity index (χ2n) is 12.0. The Kier molecular flexibility index (Phi) is 9.13. The van der Waals surface area contributed by atoms with Gasteiger partial charge in [-0.05, 0) is 46.0 Å². The number of thioether (sulfide) groups is 1. The second-order valence-corrected chi connectivity index (χ2v) is 13.2. The van der Waals surface area contributed by atoms with Crippen LogP contribution in [0.15, 0.2) is 0 Å². The topological polar surface area (TPSA) is 122 Å². The standard InChI is InChI=1S/C23H42N4O4S/c1-20(2,3)13-22(6,7)25-19(31)21(4,5)14-23(8,9)27-17(29)10-16(18(27)30)32-12-15(11-28)26-24/h11,15-16,26H,10,12-14,24H2,1-9H3,(H,25,31). The van der Waals surface area contributed by atoms with Crippen molar-refractivity contribution in [3.05, 3.63) is 0 Å². The highest BCUT2D eigenvalue weighted by molar-refractivity contribution is 8.00. The molecule has 184 valence electrons. The monoisotopic (exact) mass is 470 g/mol. The maximum atomic E-state index is 13.2. The summed E-state index contributed by atoms with van der Waals surface area (Å²) in [6, 6.07) is -0.580. The van der Waals surface area contributed by atoms with Gasteiger partial charge in [0.15, 0.2) is 0 Å². The summed E-state index contributed by atoms with van der Waals surface area (Å²) in [6.07, 6.45) is 1.90. The molecule has 3 amide bonds. The number of rotatable bonds is 11. The molecule has 8 nitrogen and oxygen atoms in total. The van der Waals surface area contributed by atoms with Crippen LogP contribution in [0.2, 0.25) is 0 Å². The Morgan fingerprint density at radius 1 is 1.12 bits per heavy atom. The number of hydrazine groups is 1. The lowest BCUT2D eigenvalue weighted by Gasteiger charge is -2.41. The Hall–Kier alpha value is -1.45. The zero-order chi connectivity index (χ0) is 25.1. The van der Waals surface area contributed by atoms with Crippen molar-refractivity contribution < 1.29 is 19.2 Å². The van der Waals surface area contributed by atoms with Crippen molar-refractivity contribution >= 4 is 35.8 Å². The Morgan fingerprint density at radius 3 is 2.16 bits per heavy atom. The van der Waals surface area contributed by atoms with Gasteiger partial charge in [0.05, 0.1) is 11.3 Å². The number of aldehydes is 1. The van der Waals surface area contributed by atoms with Gasteiger partial charge >= 0.3 is 0 Å². The van der Waals surface area contributed by atoms with Gasteiger partial charge in [-0.2, -0.15) is 0 Å². The number of amides is 3. The van der Waals surface area contributed by atoms with Crippen LogP contribution in [0.25, 0.3) is 0 Å². The summed E-state index contributed by atoms with van der Waals surface area (Å²) >= 11 is 1.25. The second kappa shape index (κ2) is 10.2. The molecule has 1 fully saturated rings. The molecule has 32 heavy (non-hydrogen) atoms. The number of nitrogens with zero attached hydrogens (tertiary/aromatic N) is 1. The van der Waals surface area contributed by atoms with E-state index in [9.17, 15) is 19.2 Å². The van der Waals surface area contributed by atoms with Gasteiger partial charge < -0.3 is 10.1 Å². The number of carbonyl (C=O) groups is 4. The average Bonchev–Trinajstić information content (AvgIpc) is 2.86. The third-order valence-corrected chi connectivity index (χ3v) is 6.80. The van der Waals surface area contributed by atoms with Crippen molar-refractivity contribution in [2.45, 2.75) is 104 Å². The Bertz CT molecular complexity index is 728. The molecule has 0 aromatic carbocycles. The quantitative estimate of drug-likeness (QED) is 0.183. The van der Waals surface area contributed by atoms with Gasteiger partial charge in [0.1, 0.15) is 6.29 Å². The van der Waals surface area contributed by atoms with Crippen molar-refractivity contribution in [2.24, 2.45) is 16.7 Å². The van der Waals surface area contributed by atoms with Crippen molar-refractivity contribution in [3.63, 3.8) is 0 Å². The summed E-state index contributed by atoms with van der Waals surface area (Å²) in [4.78, 5) is 51.2. The lowest BCUT2D eigenvalue weighted by atomic mass is 9.76. The van der Waals surface area contributed by atoms with Crippen LogP contribution in [-0.4, -0.2) is 57.0 Å². The molecule has 0 aromatic rings. The highest BCUT2D eigenvalue weighted by Crippen LogP contribution is 2.38. The van der Waals surface area contributed by atoms with Crippen molar-refractivity contribution in [1.29, 1.82) is 0 Å². The maximum Gasteiger partial charge on any atom is 0.243 e. The number of imide groups is 1. The Labute approximate surface area is 197 Å². The molecule has 1 saturated heterocycles. The van der Waals surface area contributed by atoms with E-state index in [-0.39, 0.29) is 35.1 Å². The molecule has 1 rings (SSSR count). The number of nitrogens with two attached hydrogens (primary N) is 1. The van der Waals surface area contributed by atoms with E-state index in [1.807, 2.05) is 41.5 Å². The zero-order valence-electron chi connectivity index (χ0n) is 21.1. The molecule has 0 spiro atoms. The van der Waals surface area contributed by atoms with E-state index in [1.54, 1.807) is 0 Å². The Morgan fingerprint density at radius 2 is 1.69 bits per heavy atom. The fourth-order valence-electron chi connectivity index (χ4n) is 4.80. The van der Waals surface area contributed by atoms with E-state index < -0.39 is 22.2 Å². The van der Waals surface area contributed by atoms with Gasteiger partial charge in [-0.15, -0.1) is 11.8 Å². The molecule has 2 atom stereocenters. The molecule has 0 aliphatic carbocycles. The van der Waals surface area contributed by atoms with Gasteiger partial charge in [-0.3, -0.25) is 25.1 Å². The van der Waals surface area contributed by atoms with E-state index in [1.165, 1.54) is 16.7 Å². The summed E-state index contributed by atoms with van der Waals surface area (Å²) in [5.41, 5.74) is 0.416. The summed E-state index contributed by atoms with van der Waals surface area (Å²) in [6.45, 7) is 17.7. The van der Waals surface area contributed by atoms with Gasteiger partial charge in [0.2, 0.25) is 17.7 Å². The van der Waals surface area contributed by atoms with Crippen LogP contribution in [0.3, 0.4) is 0 Å². The van der Waals surface area contributed by atoms with E-state index in [0.717, 1.165) is 6.42 Å². The zero-order valence-corrected chi connectivity index (χ0v) is 21.9. The highest BCUT2D eigenvalue weighted by atomic mass is 32.2. The molecule has 1 aliphatic heterocycles. The molecule has 1 aliphatic rings. The van der Waals surface area contributed by atoms with Gasteiger partial charge in [-0.25, -0.2) is 5.43 Å². The average molecular weight is 471 g/mol. The molecule has 9 heteroatoms.